The SMILES string of the molecule is C/C=C\C=C(/C)CN(C)CCN1CCN(CC(=O)O)CC1.CC.CC. The molecular formula is C20H41N3O2. The monoisotopic (exact) mass is 355 g/mol. The van der Waals surface area contributed by atoms with Gasteiger partial charge < -0.3 is 10.0 Å². The highest BCUT2D eigenvalue weighted by atomic mass is 16.4. The molecule has 5 nitrogen and oxygen atoms in total. The van der Waals surface area contributed by atoms with E-state index >= 15 is 0 Å². The Morgan fingerprint density at radius 1 is 1.08 bits per heavy atom. The summed E-state index contributed by atoms with van der Waals surface area (Å²) in [6, 6.07) is 0. The normalized spacial score (nSPS) is 16.2. The van der Waals surface area contributed by atoms with Gasteiger partial charge >= 0.3 is 5.97 Å². The molecule has 0 atom stereocenters. The molecule has 1 saturated heterocycles. The number of likely N-dealkylation sites (N-methyl/N-ethyl adjacent to an activating group) is 1. The lowest BCUT2D eigenvalue weighted by atomic mass is 10.2. The van der Waals surface area contributed by atoms with Crippen molar-refractivity contribution in [1.82, 2.24) is 14.7 Å². The molecule has 0 aliphatic carbocycles. The fraction of sp³-hybridized carbons (Fsp3) is 0.750. The predicted octanol–water partition coefficient (Wildman–Crippen LogP) is 3.20. The van der Waals surface area contributed by atoms with E-state index in [9.17, 15) is 4.79 Å². The van der Waals surface area contributed by atoms with Crippen molar-refractivity contribution in [3.05, 3.63) is 23.8 Å². The fourth-order valence-corrected chi connectivity index (χ4v) is 2.49. The quantitative estimate of drug-likeness (QED) is 0.678. The molecule has 1 N–H and O–H groups in total. The molecule has 148 valence electrons. The van der Waals surface area contributed by atoms with Crippen LogP contribution in [0.4, 0.5) is 0 Å². The van der Waals surface area contributed by atoms with Crippen molar-refractivity contribution in [1.29, 1.82) is 0 Å². The first-order valence-corrected chi connectivity index (χ1v) is 9.64. The molecule has 0 aromatic rings. The van der Waals surface area contributed by atoms with Crippen LogP contribution in [-0.2, 0) is 4.79 Å². The smallest absolute Gasteiger partial charge is 0.317 e. The maximum Gasteiger partial charge on any atom is 0.317 e. The maximum atomic E-state index is 10.7. The molecule has 1 aliphatic heterocycles. The van der Waals surface area contributed by atoms with E-state index in [0.29, 0.717) is 0 Å². The molecule has 0 aromatic heterocycles. The lowest BCUT2D eigenvalue weighted by molar-refractivity contribution is -0.138. The van der Waals surface area contributed by atoms with Crippen LogP contribution >= 0.6 is 0 Å². The molecular weight excluding hydrogens is 314 g/mol. The second-order valence-corrected chi connectivity index (χ2v) is 5.79. The number of piperazine rings is 1. The average molecular weight is 356 g/mol. The van der Waals surface area contributed by atoms with Gasteiger partial charge in [-0.1, -0.05) is 51.5 Å². The first kappa shape index (κ1) is 26.1. The number of hydrogen-bond acceptors (Lipinski definition) is 4. The van der Waals surface area contributed by atoms with Crippen molar-refractivity contribution in [2.75, 3.05) is 59.4 Å². The molecule has 0 amide bonds. The van der Waals surface area contributed by atoms with Crippen LogP contribution in [0.5, 0.6) is 0 Å². The van der Waals surface area contributed by atoms with Gasteiger partial charge in [-0.2, -0.15) is 0 Å². The van der Waals surface area contributed by atoms with Gasteiger partial charge in [0.15, 0.2) is 0 Å². The number of nitrogens with zero attached hydrogens (tertiary/aromatic N) is 3. The predicted molar refractivity (Wildman–Crippen MR) is 109 cm³/mol. The molecule has 5 heteroatoms. The fourth-order valence-electron chi connectivity index (χ4n) is 2.49. The lowest BCUT2D eigenvalue weighted by Crippen LogP contribution is -2.49. The zero-order chi connectivity index (χ0) is 19.7. The molecule has 0 unspecified atom stereocenters. The van der Waals surface area contributed by atoms with E-state index in [1.54, 1.807) is 0 Å². The van der Waals surface area contributed by atoms with Gasteiger partial charge in [0, 0.05) is 45.8 Å². The number of rotatable bonds is 8. The molecule has 25 heavy (non-hydrogen) atoms. The maximum absolute atomic E-state index is 10.7. The third-order valence-electron chi connectivity index (χ3n) is 3.71. The standard InChI is InChI=1S/C16H29N3O2.2C2H6/c1-4-5-6-15(2)13-17(3)7-8-18-9-11-19(12-10-18)14-16(20)21;2*1-2/h4-6H,7-14H2,1-3H3,(H,20,21);2*1-2H3/b5-4-,15-6+;;. The first-order chi connectivity index (χ1) is 12.0. The van der Waals surface area contributed by atoms with E-state index in [0.717, 1.165) is 45.8 Å². The minimum absolute atomic E-state index is 0.169. The largest absolute Gasteiger partial charge is 0.480 e. The van der Waals surface area contributed by atoms with Crippen molar-refractivity contribution in [2.45, 2.75) is 41.5 Å². The van der Waals surface area contributed by atoms with Gasteiger partial charge in [0.1, 0.15) is 0 Å². The van der Waals surface area contributed by atoms with Crippen molar-refractivity contribution in [3.63, 3.8) is 0 Å². The zero-order valence-electron chi connectivity index (χ0n) is 17.6. The van der Waals surface area contributed by atoms with Gasteiger partial charge in [0.2, 0.25) is 0 Å². The van der Waals surface area contributed by atoms with Crippen LogP contribution < -0.4 is 0 Å². The van der Waals surface area contributed by atoms with Crippen LogP contribution in [0, 0.1) is 0 Å². The van der Waals surface area contributed by atoms with E-state index in [4.69, 9.17) is 5.11 Å². The Morgan fingerprint density at radius 2 is 1.60 bits per heavy atom. The highest BCUT2D eigenvalue weighted by Gasteiger charge is 2.18. The Balaban J connectivity index is 0. The zero-order valence-corrected chi connectivity index (χ0v) is 17.6. The van der Waals surface area contributed by atoms with Crippen LogP contribution in [0.15, 0.2) is 23.8 Å². The van der Waals surface area contributed by atoms with Gasteiger partial charge in [0.05, 0.1) is 6.54 Å². The minimum Gasteiger partial charge on any atom is -0.480 e. The van der Waals surface area contributed by atoms with Gasteiger partial charge in [-0.25, -0.2) is 0 Å². The van der Waals surface area contributed by atoms with E-state index < -0.39 is 5.97 Å². The number of carbonyl (C=O) groups is 1. The second-order valence-electron chi connectivity index (χ2n) is 5.79. The Hall–Kier alpha value is -1.17. The minimum atomic E-state index is -0.730. The topological polar surface area (TPSA) is 47.0 Å². The van der Waals surface area contributed by atoms with Crippen LogP contribution in [0.1, 0.15) is 41.5 Å². The number of allylic oxidation sites excluding steroid dienone is 3. The Kier molecular flexibility index (Phi) is 18.4. The van der Waals surface area contributed by atoms with Crippen molar-refractivity contribution < 1.29 is 9.90 Å². The second kappa shape index (κ2) is 17.6. The Labute approximate surface area is 156 Å². The lowest BCUT2D eigenvalue weighted by Gasteiger charge is -2.34. The molecule has 1 fully saturated rings. The number of aliphatic carboxylic acids is 1. The van der Waals surface area contributed by atoms with E-state index in [1.807, 2.05) is 45.6 Å². The first-order valence-electron chi connectivity index (χ1n) is 9.64. The van der Waals surface area contributed by atoms with Gasteiger partial charge in [-0.3, -0.25) is 14.6 Å². The van der Waals surface area contributed by atoms with Crippen molar-refractivity contribution in [3.8, 4) is 0 Å². The summed E-state index contributed by atoms with van der Waals surface area (Å²) in [6.07, 6.45) is 6.27. The highest BCUT2D eigenvalue weighted by molar-refractivity contribution is 5.69. The third-order valence-corrected chi connectivity index (χ3v) is 3.71. The number of hydrogen-bond donors (Lipinski definition) is 1. The third kappa shape index (κ3) is 14.8. The summed E-state index contributed by atoms with van der Waals surface area (Å²) in [5.74, 6) is -0.730. The summed E-state index contributed by atoms with van der Waals surface area (Å²) in [5, 5.41) is 8.78. The van der Waals surface area contributed by atoms with Crippen LogP contribution in [0.3, 0.4) is 0 Å². The van der Waals surface area contributed by atoms with Crippen LogP contribution in [0.25, 0.3) is 0 Å². The summed E-state index contributed by atoms with van der Waals surface area (Å²) in [4.78, 5) is 17.4. The molecule has 0 aromatic carbocycles. The molecule has 1 heterocycles. The van der Waals surface area contributed by atoms with Crippen molar-refractivity contribution in [2.24, 2.45) is 0 Å². The number of carboxylic acid groups (broad SMARTS) is 1. The summed E-state index contributed by atoms with van der Waals surface area (Å²) in [7, 11) is 2.15. The Bertz CT molecular complexity index is 373. The van der Waals surface area contributed by atoms with Gasteiger partial charge in [0.25, 0.3) is 0 Å². The van der Waals surface area contributed by atoms with E-state index in [-0.39, 0.29) is 6.54 Å². The Morgan fingerprint density at radius 3 is 2.08 bits per heavy atom. The average Bonchev–Trinajstić information content (AvgIpc) is 2.62. The van der Waals surface area contributed by atoms with E-state index in [2.05, 4.69) is 35.9 Å². The summed E-state index contributed by atoms with van der Waals surface area (Å²) < 4.78 is 0. The van der Waals surface area contributed by atoms with Crippen molar-refractivity contribution >= 4 is 5.97 Å². The molecule has 0 spiro atoms. The molecule has 1 rings (SSSR count). The van der Waals surface area contributed by atoms with Crippen LogP contribution in [0.2, 0.25) is 0 Å². The summed E-state index contributed by atoms with van der Waals surface area (Å²) in [5.41, 5.74) is 1.36. The molecule has 0 radical (unpaired) electrons. The summed E-state index contributed by atoms with van der Waals surface area (Å²) >= 11 is 0. The van der Waals surface area contributed by atoms with Gasteiger partial charge in [-0.15, -0.1) is 0 Å². The van der Waals surface area contributed by atoms with Crippen LogP contribution in [-0.4, -0.2) is 85.2 Å². The molecule has 0 bridgehead atoms. The molecule has 0 saturated carbocycles. The van der Waals surface area contributed by atoms with Gasteiger partial charge in [-0.05, 0) is 20.9 Å². The summed E-state index contributed by atoms with van der Waals surface area (Å²) in [6.45, 7) is 19.1. The number of carboxylic acids is 1. The highest BCUT2D eigenvalue weighted by Crippen LogP contribution is 2.02. The van der Waals surface area contributed by atoms with E-state index in [1.165, 1.54) is 5.57 Å². The molecule has 1 aliphatic rings.